The first-order valence-corrected chi connectivity index (χ1v) is 7.74. The summed E-state index contributed by atoms with van der Waals surface area (Å²) in [5.41, 5.74) is 4.33. The molecule has 108 valence electrons. The van der Waals surface area contributed by atoms with Crippen molar-refractivity contribution >= 4 is 50.1 Å². The van der Waals surface area contributed by atoms with Crippen LogP contribution in [0.2, 0.25) is 10.0 Å². The van der Waals surface area contributed by atoms with Crippen molar-refractivity contribution in [3.05, 3.63) is 68.3 Å². The van der Waals surface area contributed by atoms with Gasteiger partial charge in [-0.2, -0.15) is 0 Å². The Morgan fingerprint density at radius 1 is 1.14 bits per heavy atom. The Hall–Kier alpha value is -1.04. The van der Waals surface area contributed by atoms with Crippen molar-refractivity contribution in [2.24, 2.45) is 5.84 Å². The van der Waals surface area contributed by atoms with Crippen molar-refractivity contribution < 1.29 is 4.42 Å². The molecule has 0 saturated carbocycles. The van der Waals surface area contributed by atoms with Crippen molar-refractivity contribution in [2.45, 2.75) is 6.04 Å². The van der Waals surface area contributed by atoms with Crippen molar-refractivity contribution in [1.29, 1.82) is 0 Å². The predicted octanol–water partition coefficient (Wildman–Crippen LogP) is 5.05. The van der Waals surface area contributed by atoms with Gasteiger partial charge in [-0.3, -0.25) is 5.84 Å². The molecule has 3 rings (SSSR count). The highest BCUT2D eigenvalue weighted by Gasteiger charge is 2.20. The fourth-order valence-electron chi connectivity index (χ4n) is 2.25. The van der Waals surface area contributed by atoms with Crippen LogP contribution in [0.1, 0.15) is 17.4 Å². The zero-order valence-corrected chi connectivity index (χ0v) is 13.8. The van der Waals surface area contributed by atoms with E-state index in [1.807, 2.05) is 36.4 Å². The molecule has 0 aliphatic carbocycles. The molecule has 2 aromatic carbocycles. The summed E-state index contributed by atoms with van der Waals surface area (Å²) >= 11 is 15.7. The number of hydrogen-bond donors (Lipinski definition) is 2. The topological polar surface area (TPSA) is 51.2 Å². The van der Waals surface area contributed by atoms with Crippen LogP contribution in [-0.4, -0.2) is 0 Å². The molecule has 1 aromatic heterocycles. The Kier molecular flexibility index (Phi) is 4.24. The number of halogens is 3. The SMILES string of the molecule is NNC(c1cc2cc(Cl)ccc2o1)c1cccc(Br)c1Cl. The lowest BCUT2D eigenvalue weighted by molar-refractivity contribution is 0.477. The normalized spacial score (nSPS) is 12.8. The van der Waals surface area contributed by atoms with Crippen LogP contribution in [-0.2, 0) is 0 Å². The molecule has 1 unspecified atom stereocenters. The average Bonchev–Trinajstić information content (AvgIpc) is 2.87. The maximum absolute atomic E-state index is 6.34. The second kappa shape index (κ2) is 5.99. The quantitative estimate of drug-likeness (QED) is 0.489. The molecule has 0 aliphatic rings. The lowest BCUT2D eigenvalue weighted by Gasteiger charge is -2.15. The van der Waals surface area contributed by atoms with Gasteiger partial charge in [-0.05, 0) is 51.8 Å². The van der Waals surface area contributed by atoms with Crippen LogP contribution >= 0.6 is 39.1 Å². The first kappa shape index (κ1) is 14.9. The standard InChI is InChI=1S/C15H11BrCl2N2O/c16-11-3-1-2-10(14(11)18)15(20-19)13-7-8-6-9(17)4-5-12(8)21-13/h1-7,15,20H,19H2. The van der Waals surface area contributed by atoms with Crippen molar-refractivity contribution in [3.8, 4) is 0 Å². The fourth-order valence-corrected chi connectivity index (χ4v) is 3.04. The van der Waals surface area contributed by atoms with Gasteiger partial charge in [-0.15, -0.1) is 0 Å². The summed E-state index contributed by atoms with van der Waals surface area (Å²) in [4.78, 5) is 0. The van der Waals surface area contributed by atoms with E-state index in [-0.39, 0.29) is 6.04 Å². The van der Waals surface area contributed by atoms with E-state index in [0.717, 1.165) is 21.0 Å². The van der Waals surface area contributed by atoms with Crippen molar-refractivity contribution in [3.63, 3.8) is 0 Å². The van der Waals surface area contributed by atoms with Gasteiger partial charge in [0.25, 0.3) is 0 Å². The summed E-state index contributed by atoms with van der Waals surface area (Å²) in [5, 5.41) is 2.18. The van der Waals surface area contributed by atoms with E-state index in [4.69, 9.17) is 33.5 Å². The highest BCUT2D eigenvalue weighted by molar-refractivity contribution is 9.10. The molecule has 6 heteroatoms. The highest BCUT2D eigenvalue weighted by Crippen LogP contribution is 2.35. The van der Waals surface area contributed by atoms with Crippen molar-refractivity contribution in [1.82, 2.24) is 5.43 Å². The van der Waals surface area contributed by atoms with Crippen LogP contribution in [0, 0.1) is 0 Å². The summed E-state index contributed by atoms with van der Waals surface area (Å²) in [6, 6.07) is 12.7. The molecule has 0 aliphatic heterocycles. The Morgan fingerprint density at radius 2 is 1.95 bits per heavy atom. The average molecular weight is 386 g/mol. The molecule has 0 spiro atoms. The number of hydrazine groups is 1. The third-order valence-electron chi connectivity index (χ3n) is 3.24. The number of nitrogens with two attached hydrogens (primary N) is 1. The highest BCUT2D eigenvalue weighted by atomic mass is 79.9. The van der Waals surface area contributed by atoms with Crippen LogP contribution in [0.4, 0.5) is 0 Å². The number of rotatable bonds is 3. The minimum atomic E-state index is -0.346. The Morgan fingerprint density at radius 3 is 2.71 bits per heavy atom. The van der Waals surface area contributed by atoms with E-state index < -0.39 is 0 Å². The van der Waals surface area contributed by atoms with Crippen molar-refractivity contribution in [2.75, 3.05) is 0 Å². The third kappa shape index (κ3) is 2.82. The maximum Gasteiger partial charge on any atom is 0.134 e. The molecule has 0 amide bonds. The first-order valence-electron chi connectivity index (χ1n) is 6.19. The summed E-state index contributed by atoms with van der Waals surface area (Å²) < 4.78 is 6.66. The minimum absolute atomic E-state index is 0.346. The zero-order chi connectivity index (χ0) is 15.0. The van der Waals surface area contributed by atoms with Crippen LogP contribution < -0.4 is 11.3 Å². The van der Waals surface area contributed by atoms with E-state index in [0.29, 0.717) is 15.8 Å². The van der Waals surface area contributed by atoms with Gasteiger partial charge in [0.2, 0.25) is 0 Å². The van der Waals surface area contributed by atoms with Gasteiger partial charge in [0.15, 0.2) is 0 Å². The molecular weight excluding hydrogens is 375 g/mol. The lowest BCUT2D eigenvalue weighted by atomic mass is 10.0. The van der Waals surface area contributed by atoms with Gasteiger partial charge in [0, 0.05) is 14.9 Å². The molecule has 3 N–H and O–H groups in total. The molecule has 0 saturated heterocycles. The van der Waals surface area contributed by atoms with Crippen LogP contribution in [0.15, 0.2) is 51.4 Å². The van der Waals surface area contributed by atoms with Gasteiger partial charge >= 0.3 is 0 Å². The third-order valence-corrected chi connectivity index (χ3v) is 4.79. The summed E-state index contributed by atoms with van der Waals surface area (Å²) in [6.45, 7) is 0. The van der Waals surface area contributed by atoms with Gasteiger partial charge in [-0.25, -0.2) is 5.43 Å². The van der Waals surface area contributed by atoms with Gasteiger partial charge < -0.3 is 4.42 Å². The molecule has 1 heterocycles. The van der Waals surface area contributed by atoms with Crippen LogP contribution in [0.25, 0.3) is 11.0 Å². The van der Waals surface area contributed by atoms with Gasteiger partial charge in [0.05, 0.1) is 5.02 Å². The van der Waals surface area contributed by atoms with E-state index in [1.54, 1.807) is 6.07 Å². The molecular formula is C15H11BrCl2N2O. The first-order chi connectivity index (χ1) is 10.1. The summed E-state index contributed by atoms with van der Waals surface area (Å²) in [6.07, 6.45) is 0. The number of benzene rings is 2. The molecule has 21 heavy (non-hydrogen) atoms. The van der Waals surface area contributed by atoms with E-state index in [1.165, 1.54) is 0 Å². The predicted molar refractivity (Wildman–Crippen MR) is 89.5 cm³/mol. The summed E-state index contributed by atoms with van der Waals surface area (Å²) in [5.74, 6) is 6.37. The number of hydrogen-bond acceptors (Lipinski definition) is 3. The van der Waals surface area contributed by atoms with Gasteiger partial charge in [0.1, 0.15) is 17.4 Å². The molecule has 3 nitrogen and oxygen atoms in total. The molecule has 3 aromatic rings. The molecule has 0 bridgehead atoms. The second-order valence-electron chi connectivity index (χ2n) is 4.57. The van der Waals surface area contributed by atoms with E-state index in [2.05, 4.69) is 21.4 Å². The zero-order valence-electron chi connectivity index (χ0n) is 10.7. The largest absolute Gasteiger partial charge is 0.459 e. The summed E-state index contributed by atoms with van der Waals surface area (Å²) in [7, 11) is 0. The molecule has 0 fully saturated rings. The monoisotopic (exact) mass is 384 g/mol. The smallest absolute Gasteiger partial charge is 0.134 e. The Bertz CT molecular complexity index is 803. The van der Waals surface area contributed by atoms with E-state index >= 15 is 0 Å². The maximum atomic E-state index is 6.34. The number of furan rings is 1. The van der Waals surface area contributed by atoms with Crippen LogP contribution in [0.3, 0.4) is 0 Å². The van der Waals surface area contributed by atoms with Gasteiger partial charge in [-0.1, -0.05) is 35.3 Å². The fraction of sp³-hybridized carbons (Fsp3) is 0.0667. The molecule has 1 atom stereocenters. The Balaban J connectivity index is 2.11. The number of fused-ring (bicyclic) bond motifs is 1. The lowest BCUT2D eigenvalue weighted by Crippen LogP contribution is -2.28. The second-order valence-corrected chi connectivity index (χ2v) is 6.24. The van der Waals surface area contributed by atoms with E-state index in [9.17, 15) is 0 Å². The molecule has 0 radical (unpaired) electrons. The van der Waals surface area contributed by atoms with Crippen LogP contribution in [0.5, 0.6) is 0 Å². The Labute approximate surface area is 140 Å². The minimum Gasteiger partial charge on any atom is -0.459 e. The number of nitrogens with one attached hydrogen (secondary N) is 1.